The smallest absolute Gasteiger partial charge is 0.354 e. The number of hydrogen-bond donors (Lipinski definition) is 0. The summed E-state index contributed by atoms with van der Waals surface area (Å²) in [4.78, 5) is 11.7. The lowest BCUT2D eigenvalue weighted by molar-refractivity contribution is 0.0516. The van der Waals surface area contributed by atoms with Crippen molar-refractivity contribution < 1.29 is 9.53 Å². The zero-order chi connectivity index (χ0) is 11.7. The fourth-order valence-electron chi connectivity index (χ4n) is 1.84. The second kappa shape index (κ2) is 4.00. The van der Waals surface area contributed by atoms with E-state index in [0.29, 0.717) is 12.3 Å². The molecule has 0 saturated heterocycles. The highest BCUT2D eigenvalue weighted by molar-refractivity contribution is 5.95. The van der Waals surface area contributed by atoms with E-state index >= 15 is 0 Å². The molecule has 2 aromatic rings. The van der Waals surface area contributed by atoms with Gasteiger partial charge in [-0.1, -0.05) is 12.1 Å². The molecule has 1 heterocycles. The molecule has 0 amide bonds. The van der Waals surface area contributed by atoms with Crippen molar-refractivity contribution in [3.8, 4) is 0 Å². The number of benzene rings is 1. The summed E-state index contributed by atoms with van der Waals surface area (Å²) >= 11 is 0. The molecule has 0 radical (unpaired) electrons. The molecule has 1 aromatic heterocycles. The highest BCUT2D eigenvalue weighted by Gasteiger charge is 2.13. The number of ether oxygens (including phenoxy) is 1. The van der Waals surface area contributed by atoms with Gasteiger partial charge in [-0.3, -0.25) is 0 Å². The topological polar surface area (TPSA) is 31.2 Å². The number of hydrogen-bond acceptors (Lipinski definition) is 2. The first-order valence-corrected chi connectivity index (χ1v) is 5.36. The van der Waals surface area contributed by atoms with Crippen molar-refractivity contribution in [2.45, 2.75) is 13.8 Å². The van der Waals surface area contributed by atoms with Gasteiger partial charge in [-0.2, -0.15) is 0 Å². The normalized spacial score (nSPS) is 10.7. The van der Waals surface area contributed by atoms with Crippen molar-refractivity contribution in [3.05, 3.63) is 35.5 Å². The molecule has 16 heavy (non-hydrogen) atoms. The van der Waals surface area contributed by atoms with Crippen molar-refractivity contribution in [1.82, 2.24) is 4.57 Å². The lowest BCUT2D eigenvalue weighted by Crippen LogP contribution is -2.09. The van der Waals surface area contributed by atoms with E-state index in [2.05, 4.69) is 6.07 Å². The largest absolute Gasteiger partial charge is 0.461 e. The molecule has 0 saturated carbocycles. The number of nitrogens with zero attached hydrogens (tertiary/aromatic N) is 1. The zero-order valence-electron chi connectivity index (χ0n) is 9.78. The molecule has 0 bridgehead atoms. The van der Waals surface area contributed by atoms with Crippen LogP contribution in [0.5, 0.6) is 0 Å². The van der Waals surface area contributed by atoms with E-state index in [-0.39, 0.29) is 5.97 Å². The van der Waals surface area contributed by atoms with E-state index in [1.807, 2.05) is 43.7 Å². The molecule has 84 valence electrons. The fraction of sp³-hybridized carbons (Fsp3) is 0.308. The summed E-state index contributed by atoms with van der Waals surface area (Å²) in [5, 5.41) is 1.07. The molecule has 0 unspecified atom stereocenters. The Labute approximate surface area is 94.6 Å². The van der Waals surface area contributed by atoms with E-state index in [1.54, 1.807) is 0 Å². The van der Waals surface area contributed by atoms with Gasteiger partial charge in [0.25, 0.3) is 0 Å². The number of rotatable bonds is 2. The Kier molecular flexibility index (Phi) is 2.69. The molecule has 0 N–H and O–H groups in total. The van der Waals surface area contributed by atoms with Gasteiger partial charge in [0.2, 0.25) is 0 Å². The van der Waals surface area contributed by atoms with Gasteiger partial charge in [0, 0.05) is 18.0 Å². The third-order valence-electron chi connectivity index (χ3n) is 2.69. The summed E-state index contributed by atoms with van der Waals surface area (Å²) in [5.41, 5.74) is 2.84. The SMILES string of the molecule is CCOC(=O)c1cc2ccc(C)cc2n1C. The van der Waals surface area contributed by atoms with Crippen molar-refractivity contribution >= 4 is 16.9 Å². The van der Waals surface area contributed by atoms with Crippen molar-refractivity contribution in [1.29, 1.82) is 0 Å². The van der Waals surface area contributed by atoms with E-state index in [0.717, 1.165) is 10.9 Å². The van der Waals surface area contributed by atoms with Gasteiger partial charge in [0.15, 0.2) is 0 Å². The average molecular weight is 217 g/mol. The molecule has 0 spiro atoms. The summed E-state index contributed by atoms with van der Waals surface area (Å²) in [6.45, 7) is 4.25. The molecule has 0 atom stereocenters. The molecular formula is C13H15NO2. The van der Waals surface area contributed by atoms with Crippen LogP contribution in [-0.4, -0.2) is 17.1 Å². The highest BCUT2D eigenvalue weighted by Crippen LogP contribution is 2.20. The van der Waals surface area contributed by atoms with Crippen LogP contribution in [0.2, 0.25) is 0 Å². The number of fused-ring (bicyclic) bond motifs is 1. The van der Waals surface area contributed by atoms with Crippen LogP contribution >= 0.6 is 0 Å². The molecule has 1 aromatic carbocycles. The Morgan fingerprint density at radius 2 is 2.12 bits per heavy atom. The maximum Gasteiger partial charge on any atom is 0.354 e. The standard InChI is InChI=1S/C13H15NO2/c1-4-16-13(15)12-8-10-6-5-9(2)7-11(10)14(12)3/h5-8H,4H2,1-3H3. The third-order valence-corrected chi connectivity index (χ3v) is 2.69. The molecule has 2 rings (SSSR count). The van der Waals surface area contributed by atoms with Gasteiger partial charge in [-0.25, -0.2) is 4.79 Å². The van der Waals surface area contributed by atoms with Crippen LogP contribution in [0.1, 0.15) is 23.0 Å². The highest BCUT2D eigenvalue weighted by atomic mass is 16.5. The van der Waals surface area contributed by atoms with Crippen LogP contribution in [0.25, 0.3) is 10.9 Å². The summed E-state index contributed by atoms with van der Waals surface area (Å²) in [6, 6.07) is 8.00. The second-order valence-corrected chi connectivity index (χ2v) is 3.87. The monoisotopic (exact) mass is 217 g/mol. The first-order chi connectivity index (χ1) is 7.63. The predicted molar refractivity (Wildman–Crippen MR) is 63.6 cm³/mol. The van der Waals surface area contributed by atoms with Gasteiger partial charge < -0.3 is 9.30 Å². The molecule has 0 aliphatic carbocycles. The van der Waals surface area contributed by atoms with Crippen molar-refractivity contribution in [2.24, 2.45) is 7.05 Å². The van der Waals surface area contributed by atoms with Crippen LogP contribution in [0, 0.1) is 6.92 Å². The molecular weight excluding hydrogens is 202 g/mol. The maximum atomic E-state index is 11.7. The van der Waals surface area contributed by atoms with Gasteiger partial charge in [-0.05, 0) is 31.5 Å². The van der Waals surface area contributed by atoms with Crippen LogP contribution < -0.4 is 0 Å². The number of carbonyl (C=O) groups excluding carboxylic acids is 1. The summed E-state index contributed by atoms with van der Waals surface area (Å²) in [6.07, 6.45) is 0. The van der Waals surface area contributed by atoms with E-state index in [1.165, 1.54) is 5.56 Å². The number of carbonyl (C=O) groups is 1. The Morgan fingerprint density at radius 3 is 2.81 bits per heavy atom. The Morgan fingerprint density at radius 1 is 1.38 bits per heavy atom. The molecule has 0 aliphatic rings. The van der Waals surface area contributed by atoms with Crippen molar-refractivity contribution in [2.75, 3.05) is 6.61 Å². The number of aromatic nitrogens is 1. The fourth-order valence-corrected chi connectivity index (χ4v) is 1.84. The zero-order valence-corrected chi connectivity index (χ0v) is 9.78. The lowest BCUT2D eigenvalue weighted by atomic mass is 10.2. The van der Waals surface area contributed by atoms with Gasteiger partial charge in [0.05, 0.1) is 6.61 Å². The van der Waals surface area contributed by atoms with Crippen molar-refractivity contribution in [3.63, 3.8) is 0 Å². The minimum atomic E-state index is -0.265. The number of esters is 1. The maximum absolute atomic E-state index is 11.7. The molecule has 0 fully saturated rings. The van der Waals surface area contributed by atoms with E-state index in [9.17, 15) is 4.79 Å². The Hall–Kier alpha value is -1.77. The summed E-state index contributed by atoms with van der Waals surface area (Å²) < 4.78 is 6.88. The second-order valence-electron chi connectivity index (χ2n) is 3.87. The van der Waals surface area contributed by atoms with Gasteiger partial charge in [0.1, 0.15) is 5.69 Å². The minimum Gasteiger partial charge on any atom is -0.461 e. The average Bonchev–Trinajstić information content (AvgIpc) is 2.57. The summed E-state index contributed by atoms with van der Waals surface area (Å²) in [7, 11) is 1.88. The van der Waals surface area contributed by atoms with E-state index in [4.69, 9.17) is 4.74 Å². The predicted octanol–water partition coefficient (Wildman–Crippen LogP) is 2.66. The first-order valence-electron chi connectivity index (χ1n) is 5.36. The van der Waals surface area contributed by atoms with Crippen LogP contribution in [-0.2, 0) is 11.8 Å². The molecule has 0 aliphatic heterocycles. The number of aryl methyl sites for hydroxylation is 2. The first kappa shape index (κ1) is 10.7. The van der Waals surface area contributed by atoms with Gasteiger partial charge >= 0.3 is 5.97 Å². The molecule has 3 nitrogen and oxygen atoms in total. The quantitative estimate of drug-likeness (QED) is 0.724. The Bertz CT molecular complexity index is 540. The van der Waals surface area contributed by atoms with E-state index < -0.39 is 0 Å². The summed E-state index contributed by atoms with van der Waals surface area (Å²) in [5.74, 6) is -0.265. The van der Waals surface area contributed by atoms with Gasteiger partial charge in [-0.15, -0.1) is 0 Å². The molecule has 3 heteroatoms. The minimum absolute atomic E-state index is 0.265. The van der Waals surface area contributed by atoms with Crippen LogP contribution in [0.15, 0.2) is 24.3 Å². The Balaban J connectivity index is 2.56. The van der Waals surface area contributed by atoms with Crippen LogP contribution in [0.3, 0.4) is 0 Å². The third kappa shape index (κ3) is 1.69. The lowest BCUT2D eigenvalue weighted by Gasteiger charge is -2.03. The van der Waals surface area contributed by atoms with Crippen LogP contribution in [0.4, 0.5) is 0 Å².